The van der Waals surface area contributed by atoms with E-state index in [1.807, 2.05) is 12.1 Å². The van der Waals surface area contributed by atoms with Gasteiger partial charge in [-0.15, -0.1) is 0 Å². The van der Waals surface area contributed by atoms with Crippen molar-refractivity contribution in [2.45, 2.75) is 13.0 Å². The first kappa shape index (κ1) is 13.5. The zero-order chi connectivity index (χ0) is 14.8. The van der Waals surface area contributed by atoms with Crippen LogP contribution in [0.5, 0.6) is 5.75 Å². The van der Waals surface area contributed by atoms with Crippen molar-refractivity contribution in [2.75, 3.05) is 13.7 Å². The molecule has 4 nitrogen and oxygen atoms in total. The van der Waals surface area contributed by atoms with E-state index in [2.05, 4.69) is 47.6 Å². The van der Waals surface area contributed by atoms with E-state index in [-0.39, 0.29) is 6.04 Å². The van der Waals surface area contributed by atoms with Crippen LogP contribution in [0.2, 0.25) is 0 Å². The molecule has 108 valence electrons. The van der Waals surface area contributed by atoms with E-state index in [0.717, 1.165) is 5.75 Å². The lowest BCUT2D eigenvalue weighted by Gasteiger charge is -2.17. The molecule has 2 aromatic rings. The molecule has 0 aromatic heterocycles. The number of aliphatic imine (C=N–C) groups is 1. The third-order valence-corrected chi connectivity index (χ3v) is 3.83. The van der Waals surface area contributed by atoms with Gasteiger partial charge in [0.1, 0.15) is 5.75 Å². The van der Waals surface area contributed by atoms with Crippen LogP contribution >= 0.6 is 0 Å². The molecule has 1 aliphatic heterocycles. The molecule has 0 radical (unpaired) electrons. The molecule has 0 amide bonds. The molecule has 1 heterocycles. The molecule has 1 atom stereocenters. The monoisotopic (exact) mass is 281 g/mol. The Morgan fingerprint density at radius 3 is 2.67 bits per heavy atom. The minimum absolute atomic E-state index is 0.141. The summed E-state index contributed by atoms with van der Waals surface area (Å²) in [7, 11) is 1.69. The maximum atomic E-state index is 5.74. The van der Waals surface area contributed by atoms with Crippen LogP contribution in [0.4, 0.5) is 0 Å². The standard InChI is InChI=1S/C17H19N3O/c1-11-9-12(21-2)7-8-13(11)14-5-3-4-6-15(14)16-10-19-17(18)20-16/h3-9,16H,10H2,1-2H3,(H3,18,19,20). The molecular weight excluding hydrogens is 262 g/mol. The average molecular weight is 281 g/mol. The smallest absolute Gasteiger partial charge is 0.189 e. The van der Waals surface area contributed by atoms with Gasteiger partial charge in [-0.05, 0) is 41.3 Å². The van der Waals surface area contributed by atoms with Gasteiger partial charge in [0.25, 0.3) is 0 Å². The summed E-state index contributed by atoms with van der Waals surface area (Å²) >= 11 is 0. The molecule has 0 aliphatic carbocycles. The largest absolute Gasteiger partial charge is 0.497 e. The van der Waals surface area contributed by atoms with Crippen molar-refractivity contribution in [1.29, 1.82) is 0 Å². The Labute approximate surface area is 124 Å². The first-order valence-corrected chi connectivity index (χ1v) is 6.99. The predicted molar refractivity (Wildman–Crippen MR) is 85.5 cm³/mol. The van der Waals surface area contributed by atoms with E-state index in [1.54, 1.807) is 7.11 Å². The van der Waals surface area contributed by atoms with Gasteiger partial charge in [0.15, 0.2) is 5.96 Å². The van der Waals surface area contributed by atoms with Crippen molar-refractivity contribution in [2.24, 2.45) is 10.7 Å². The molecule has 0 bridgehead atoms. The molecule has 4 heteroatoms. The molecular formula is C17H19N3O. The molecule has 21 heavy (non-hydrogen) atoms. The highest BCUT2D eigenvalue weighted by Gasteiger charge is 2.21. The van der Waals surface area contributed by atoms with Gasteiger partial charge in [-0.2, -0.15) is 0 Å². The summed E-state index contributed by atoms with van der Waals surface area (Å²) < 4.78 is 5.28. The second kappa shape index (κ2) is 5.48. The van der Waals surface area contributed by atoms with Crippen LogP contribution in [-0.2, 0) is 0 Å². The van der Waals surface area contributed by atoms with Gasteiger partial charge in [-0.3, -0.25) is 4.99 Å². The zero-order valence-electron chi connectivity index (χ0n) is 12.3. The molecule has 3 N–H and O–H groups in total. The molecule has 2 aromatic carbocycles. The van der Waals surface area contributed by atoms with E-state index in [9.17, 15) is 0 Å². The quantitative estimate of drug-likeness (QED) is 0.909. The number of nitrogens with two attached hydrogens (primary N) is 1. The molecule has 1 aliphatic rings. The Kier molecular flexibility index (Phi) is 3.52. The number of benzene rings is 2. The number of aryl methyl sites for hydroxylation is 1. The molecule has 0 fully saturated rings. The lowest BCUT2D eigenvalue weighted by atomic mass is 9.92. The molecule has 0 spiro atoms. The number of nitrogens with zero attached hydrogens (tertiary/aromatic N) is 1. The fourth-order valence-electron chi connectivity index (χ4n) is 2.75. The van der Waals surface area contributed by atoms with Crippen LogP contribution in [-0.4, -0.2) is 19.6 Å². The highest BCUT2D eigenvalue weighted by atomic mass is 16.5. The van der Waals surface area contributed by atoms with Crippen molar-refractivity contribution in [3.05, 3.63) is 53.6 Å². The van der Waals surface area contributed by atoms with Crippen molar-refractivity contribution in [3.63, 3.8) is 0 Å². The second-order valence-electron chi connectivity index (χ2n) is 5.19. The van der Waals surface area contributed by atoms with Gasteiger partial charge in [-0.1, -0.05) is 30.3 Å². The summed E-state index contributed by atoms with van der Waals surface area (Å²) in [6, 6.07) is 14.7. The fourth-order valence-corrected chi connectivity index (χ4v) is 2.75. The Morgan fingerprint density at radius 1 is 1.19 bits per heavy atom. The van der Waals surface area contributed by atoms with Gasteiger partial charge in [-0.25, -0.2) is 0 Å². The van der Waals surface area contributed by atoms with Gasteiger partial charge in [0.05, 0.1) is 19.7 Å². The molecule has 0 saturated carbocycles. The maximum Gasteiger partial charge on any atom is 0.189 e. The Hall–Kier alpha value is -2.49. The fraction of sp³-hybridized carbons (Fsp3) is 0.235. The first-order chi connectivity index (χ1) is 10.2. The van der Waals surface area contributed by atoms with Gasteiger partial charge in [0.2, 0.25) is 0 Å². The third-order valence-electron chi connectivity index (χ3n) is 3.83. The lowest BCUT2D eigenvalue weighted by molar-refractivity contribution is 0.414. The van der Waals surface area contributed by atoms with E-state index < -0.39 is 0 Å². The third kappa shape index (κ3) is 2.57. The van der Waals surface area contributed by atoms with Crippen LogP contribution in [0.3, 0.4) is 0 Å². The van der Waals surface area contributed by atoms with Crippen LogP contribution in [0.15, 0.2) is 47.5 Å². The number of methoxy groups -OCH3 is 1. The van der Waals surface area contributed by atoms with Gasteiger partial charge >= 0.3 is 0 Å². The van der Waals surface area contributed by atoms with Gasteiger partial charge in [0, 0.05) is 0 Å². The van der Waals surface area contributed by atoms with Crippen molar-refractivity contribution < 1.29 is 4.74 Å². The Bertz CT molecular complexity index is 694. The van der Waals surface area contributed by atoms with Crippen LogP contribution in [0.1, 0.15) is 17.2 Å². The Morgan fingerprint density at radius 2 is 2.00 bits per heavy atom. The summed E-state index contributed by atoms with van der Waals surface area (Å²) in [5.74, 6) is 1.39. The highest BCUT2D eigenvalue weighted by Crippen LogP contribution is 2.33. The average Bonchev–Trinajstić information content (AvgIpc) is 2.93. The van der Waals surface area contributed by atoms with Crippen molar-refractivity contribution in [3.8, 4) is 16.9 Å². The molecule has 0 saturated heterocycles. The van der Waals surface area contributed by atoms with E-state index in [4.69, 9.17) is 10.5 Å². The highest BCUT2D eigenvalue weighted by molar-refractivity contribution is 5.81. The van der Waals surface area contributed by atoms with Crippen LogP contribution < -0.4 is 15.8 Å². The zero-order valence-corrected chi connectivity index (χ0v) is 12.3. The van der Waals surface area contributed by atoms with E-state index in [1.165, 1.54) is 22.3 Å². The number of hydrogen-bond acceptors (Lipinski definition) is 4. The maximum absolute atomic E-state index is 5.74. The normalized spacial score (nSPS) is 17.2. The first-order valence-electron chi connectivity index (χ1n) is 6.99. The summed E-state index contributed by atoms with van der Waals surface area (Å²) in [5.41, 5.74) is 10.6. The molecule has 1 unspecified atom stereocenters. The summed E-state index contributed by atoms with van der Waals surface area (Å²) in [4.78, 5) is 4.24. The van der Waals surface area contributed by atoms with Crippen LogP contribution in [0.25, 0.3) is 11.1 Å². The van der Waals surface area contributed by atoms with E-state index in [0.29, 0.717) is 12.5 Å². The summed E-state index contributed by atoms with van der Waals surface area (Å²) in [6.07, 6.45) is 0. The number of rotatable bonds is 3. The van der Waals surface area contributed by atoms with Crippen molar-refractivity contribution >= 4 is 5.96 Å². The minimum atomic E-state index is 0.141. The number of ether oxygens (including phenoxy) is 1. The van der Waals surface area contributed by atoms with Gasteiger partial charge < -0.3 is 15.8 Å². The van der Waals surface area contributed by atoms with E-state index >= 15 is 0 Å². The van der Waals surface area contributed by atoms with Crippen LogP contribution in [0, 0.1) is 6.92 Å². The lowest BCUT2D eigenvalue weighted by Crippen LogP contribution is -2.29. The number of hydrogen-bond donors (Lipinski definition) is 2. The second-order valence-corrected chi connectivity index (χ2v) is 5.19. The Balaban J connectivity index is 2.03. The van der Waals surface area contributed by atoms with Crippen molar-refractivity contribution in [1.82, 2.24) is 5.32 Å². The summed E-state index contributed by atoms with van der Waals surface area (Å²) in [5, 5.41) is 3.23. The minimum Gasteiger partial charge on any atom is -0.497 e. The molecule has 3 rings (SSSR count). The number of nitrogens with one attached hydrogen (secondary N) is 1. The predicted octanol–water partition coefficient (Wildman–Crippen LogP) is 2.63. The number of guanidine groups is 1. The SMILES string of the molecule is COc1ccc(-c2ccccc2C2CN=C(N)N2)c(C)c1. The topological polar surface area (TPSA) is 59.6 Å². The summed E-state index contributed by atoms with van der Waals surface area (Å²) in [6.45, 7) is 2.78.